The van der Waals surface area contributed by atoms with Gasteiger partial charge in [0.2, 0.25) is 5.91 Å². The van der Waals surface area contributed by atoms with Crippen molar-refractivity contribution < 1.29 is 9.59 Å². The number of para-hydroxylation sites is 1. The molecule has 3 rings (SSSR count). The molecule has 1 aliphatic heterocycles. The predicted molar refractivity (Wildman–Crippen MR) is 112 cm³/mol. The van der Waals surface area contributed by atoms with E-state index in [-0.39, 0.29) is 11.8 Å². The number of amides is 2. The first-order chi connectivity index (χ1) is 13.5. The Bertz CT molecular complexity index is 827. The average Bonchev–Trinajstić information content (AvgIpc) is 2.85. The number of hydrogen-bond donors (Lipinski definition) is 1. The van der Waals surface area contributed by atoms with Crippen molar-refractivity contribution in [1.29, 1.82) is 0 Å². The van der Waals surface area contributed by atoms with Gasteiger partial charge in [0.1, 0.15) is 0 Å². The van der Waals surface area contributed by atoms with E-state index in [0.717, 1.165) is 49.1 Å². The second-order valence-electron chi connectivity index (χ2n) is 7.98. The number of carbonyl (C=O) groups is 2. The van der Waals surface area contributed by atoms with Crippen LogP contribution in [0.3, 0.4) is 0 Å². The first kappa shape index (κ1) is 20.4. The minimum Gasteiger partial charge on any atom is -0.355 e. The highest BCUT2D eigenvalue weighted by Gasteiger charge is 2.24. The molecule has 0 bridgehead atoms. The Balaban J connectivity index is 1.74. The largest absolute Gasteiger partial charge is 0.355 e. The van der Waals surface area contributed by atoms with Crippen LogP contribution in [0.15, 0.2) is 30.5 Å². The van der Waals surface area contributed by atoms with Gasteiger partial charge in [0.25, 0.3) is 5.91 Å². The summed E-state index contributed by atoms with van der Waals surface area (Å²) < 4.78 is 2.20. The fourth-order valence-corrected chi connectivity index (χ4v) is 3.92. The maximum absolute atomic E-state index is 13.3. The molecule has 6 heteroatoms. The summed E-state index contributed by atoms with van der Waals surface area (Å²) in [5.74, 6) is 0.664. The maximum Gasteiger partial charge on any atom is 0.256 e. The van der Waals surface area contributed by atoms with E-state index in [1.165, 1.54) is 0 Å². The van der Waals surface area contributed by atoms with E-state index < -0.39 is 0 Å². The van der Waals surface area contributed by atoms with Gasteiger partial charge in [-0.05, 0) is 25.3 Å². The summed E-state index contributed by atoms with van der Waals surface area (Å²) >= 11 is 0. The Morgan fingerprint density at radius 2 is 1.89 bits per heavy atom. The van der Waals surface area contributed by atoms with Crippen LogP contribution in [0.4, 0.5) is 0 Å². The Labute approximate surface area is 167 Å². The zero-order chi connectivity index (χ0) is 20.1. The smallest absolute Gasteiger partial charge is 0.256 e. The van der Waals surface area contributed by atoms with Gasteiger partial charge in [-0.2, -0.15) is 0 Å². The van der Waals surface area contributed by atoms with E-state index in [0.29, 0.717) is 25.6 Å². The highest BCUT2D eigenvalue weighted by Crippen LogP contribution is 2.24. The second kappa shape index (κ2) is 9.24. The summed E-state index contributed by atoms with van der Waals surface area (Å²) in [5, 5.41) is 3.87. The fourth-order valence-electron chi connectivity index (χ4n) is 3.92. The molecule has 0 radical (unpaired) electrons. The van der Waals surface area contributed by atoms with Gasteiger partial charge in [0.05, 0.1) is 12.1 Å². The lowest BCUT2D eigenvalue weighted by atomic mass is 10.1. The van der Waals surface area contributed by atoms with E-state index in [9.17, 15) is 9.59 Å². The molecule has 2 heterocycles. The van der Waals surface area contributed by atoms with Crippen LogP contribution in [0.2, 0.25) is 0 Å². The summed E-state index contributed by atoms with van der Waals surface area (Å²) in [5.41, 5.74) is 1.90. The molecule has 1 aromatic carbocycles. The lowest BCUT2D eigenvalue weighted by Crippen LogP contribution is -2.40. The van der Waals surface area contributed by atoms with Crippen molar-refractivity contribution in [2.24, 2.45) is 5.92 Å². The minimum atomic E-state index is 0.0547. The van der Waals surface area contributed by atoms with Crippen molar-refractivity contribution in [3.05, 3.63) is 36.0 Å². The molecule has 6 nitrogen and oxygen atoms in total. The van der Waals surface area contributed by atoms with Crippen LogP contribution in [-0.4, -0.2) is 65.4 Å². The van der Waals surface area contributed by atoms with Crippen LogP contribution >= 0.6 is 0 Å². The lowest BCUT2D eigenvalue weighted by Gasteiger charge is -2.21. The second-order valence-corrected chi connectivity index (χ2v) is 7.98. The quantitative estimate of drug-likeness (QED) is 0.833. The van der Waals surface area contributed by atoms with Crippen molar-refractivity contribution in [2.45, 2.75) is 33.7 Å². The zero-order valence-corrected chi connectivity index (χ0v) is 17.3. The van der Waals surface area contributed by atoms with Gasteiger partial charge in [-0.15, -0.1) is 0 Å². The molecule has 0 aliphatic carbocycles. The summed E-state index contributed by atoms with van der Waals surface area (Å²) in [6.07, 6.45) is 2.90. The third-order valence-corrected chi connectivity index (χ3v) is 5.20. The number of hydrogen-bond acceptors (Lipinski definition) is 3. The number of nitrogens with one attached hydrogen (secondary N) is 1. The molecule has 0 unspecified atom stereocenters. The minimum absolute atomic E-state index is 0.0547. The van der Waals surface area contributed by atoms with Crippen LogP contribution in [-0.2, 0) is 11.3 Å². The van der Waals surface area contributed by atoms with Crippen molar-refractivity contribution in [3.8, 4) is 0 Å². The number of carbonyl (C=O) groups excluding carboxylic acids is 2. The monoisotopic (exact) mass is 384 g/mol. The summed E-state index contributed by atoms with van der Waals surface area (Å²) in [6, 6.07) is 8.15. The molecule has 152 valence electrons. The summed E-state index contributed by atoms with van der Waals surface area (Å²) in [7, 11) is 0. The van der Waals surface area contributed by atoms with Crippen LogP contribution < -0.4 is 5.32 Å². The van der Waals surface area contributed by atoms with E-state index in [2.05, 4.69) is 34.7 Å². The molecular weight excluding hydrogens is 352 g/mol. The molecule has 1 aromatic heterocycles. The van der Waals surface area contributed by atoms with Crippen molar-refractivity contribution in [3.63, 3.8) is 0 Å². The van der Waals surface area contributed by atoms with Gasteiger partial charge < -0.3 is 14.8 Å². The SMILES string of the molecule is CCNC(=O)CN1CCCN(C(=O)c2cn(CC(C)C)c3ccccc23)CC1. The first-order valence-electron chi connectivity index (χ1n) is 10.4. The van der Waals surface area contributed by atoms with E-state index in [4.69, 9.17) is 0 Å². The molecule has 1 fully saturated rings. The third kappa shape index (κ3) is 4.73. The van der Waals surface area contributed by atoms with Gasteiger partial charge in [0, 0.05) is 56.4 Å². The average molecular weight is 385 g/mol. The molecule has 2 aromatic rings. The first-order valence-corrected chi connectivity index (χ1v) is 10.4. The van der Waals surface area contributed by atoms with Crippen molar-refractivity contribution in [1.82, 2.24) is 19.7 Å². The lowest BCUT2D eigenvalue weighted by molar-refractivity contribution is -0.122. The predicted octanol–water partition coefficient (Wildman–Crippen LogP) is 2.58. The number of fused-ring (bicyclic) bond motifs is 1. The standard InChI is InChI=1S/C22H32N4O2/c1-4-23-21(27)16-24-10-7-11-25(13-12-24)22(28)19-15-26(14-17(2)3)20-9-6-5-8-18(19)20/h5-6,8-9,15,17H,4,7,10-14,16H2,1-3H3,(H,23,27). The van der Waals surface area contributed by atoms with Gasteiger partial charge in [-0.3, -0.25) is 14.5 Å². The number of benzene rings is 1. The number of nitrogens with zero attached hydrogens (tertiary/aromatic N) is 3. The molecule has 2 amide bonds. The highest BCUT2D eigenvalue weighted by molar-refractivity contribution is 6.07. The summed E-state index contributed by atoms with van der Waals surface area (Å²) in [4.78, 5) is 29.3. The topological polar surface area (TPSA) is 57.6 Å². The van der Waals surface area contributed by atoms with E-state index >= 15 is 0 Å². The summed E-state index contributed by atoms with van der Waals surface area (Å²) in [6.45, 7) is 11.2. The van der Waals surface area contributed by atoms with Gasteiger partial charge >= 0.3 is 0 Å². The van der Waals surface area contributed by atoms with Crippen LogP contribution in [0.25, 0.3) is 10.9 Å². The number of likely N-dealkylation sites (N-methyl/N-ethyl adjacent to an activating group) is 1. The van der Waals surface area contributed by atoms with Gasteiger partial charge in [-0.25, -0.2) is 0 Å². The molecule has 1 saturated heterocycles. The third-order valence-electron chi connectivity index (χ3n) is 5.20. The Morgan fingerprint density at radius 3 is 2.64 bits per heavy atom. The molecule has 0 saturated carbocycles. The highest BCUT2D eigenvalue weighted by atomic mass is 16.2. The van der Waals surface area contributed by atoms with Gasteiger partial charge in [0.15, 0.2) is 0 Å². The van der Waals surface area contributed by atoms with Gasteiger partial charge in [-0.1, -0.05) is 32.0 Å². The van der Waals surface area contributed by atoms with Crippen LogP contribution in [0, 0.1) is 5.92 Å². The van der Waals surface area contributed by atoms with Crippen LogP contribution in [0.1, 0.15) is 37.6 Å². The normalized spacial score (nSPS) is 15.8. The van der Waals surface area contributed by atoms with Crippen LogP contribution in [0.5, 0.6) is 0 Å². The molecule has 1 N–H and O–H groups in total. The zero-order valence-electron chi connectivity index (χ0n) is 17.3. The number of aromatic nitrogens is 1. The van der Waals surface area contributed by atoms with E-state index in [1.54, 1.807) is 0 Å². The molecule has 0 atom stereocenters. The molecule has 1 aliphatic rings. The Hall–Kier alpha value is -2.34. The molecule has 0 spiro atoms. The number of rotatable bonds is 6. The van der Waals surface area contributed by atoms with Crippen molar-refractivity contribution in [2.75, 3.05) is 39.3 Å². The molecule has 28 heavy (non-hydrogen) atoms. The fraction of sp³-hybridized carbons (Fsp3) is 0.545. The Kier molecular flexibility index (Phi) is 6.73. The van der Waals surface area contributed by atoms with E-state index in [1.807, 2.05) is 36.2 Å². The maximum atomic E-state index is 13.3. The molecular formula is C22H32N4O2. The Morgan fingerprint density at radius 1 is 1.11 bits per heavy atom. The van der Waals surface area contributed by atoms with Crippen molar-refractivity contribution >= 4 is 22.7 Å².